The molecule has 0 spiro atoms. The van der Waals surface area contributed by atoms with Crippen molar-refractivity contribution < 1.29 is 81.1 Å². The molecule has 354 valence electrons. The Hall–Kier alpha value is -6.36. The molecular weight excluding hydrogens is 1030 g/mol. The minimum absolute atomic E-state index is 0. The molecule has 0 bridgehead atoms. The average Bonchev–Trinajstić information content (AvgIpc) is 3.65. The zero-order valence-electron chi connectivity index (χ0n) is 35.0. The van der Waals surface area contributed by atoms with E-state index in [0.29, 0.717) is 10.2 Å². The van der Waals surface area contributed by atoms with Crippen molar-refractivity contribution in [1.82, 2.24) is 24.0 Å². The van der Waals surface area contributed by atoms with E-state index in [4.69, 9.17) is 21.9 Å². The van der Waals surface area contributed by atoms with Gasteiger partial charge in [0.2, 0.25) is 16.9 Å². The molecule has 7 rings (SSSR count). The van der Waals surface area contributed by atoms with Crippen molar-refractivity contribution in [2.75, 3.05) is 28.7 Å². The Bertz CT molecular complexity index is 3860. The molecule has 0 fully saturated rings. The molecule has 0 atom stereocenters. The number of fused-ring (bicyclic) bond motifs is 1. The van der Waals surface area contributed by atoms with Crippen LogP contribution in [0.4, 0.5) is 57.3 Å². The number of H-pyrrole nitrogens is 1. The van der Waals surface area contributed by atoms with Crippen LogP contribution in [-0.4, -0.2) is 83.7 Å². The fourth-order valence-corrected chi connectivity index (χ4v) is 8.97. The van der Waals surface area contributed by atoms with E-state index in [1.165, 1.54) is 43.3 Å². The second kappa shape index (κ2) is 20.3. The van der Waals surface area contributed by atoms with Gasteiger partial charge in [-0.05, 0) is 91.3 Å². The molecule has 0 aliphatic rings. The number of halogens is 1. The quantitative estimate of drug-likeness (QED) is 0.0449. The molecule has 0 saturated carbocycles. The summed E-state index contributed by atoms with van der Waals surface area (Å²) >= 11 is 6.14. The number of anilines is 5. The summed E-state index contributed by atoms with van der Waals surface area (Å²) in [5.74, 6) is -1.53. The number of aromatic amines is 1. The third-order valence-corrected chi connectivity index (χ3v) is 13.2. The van der Waals surface area contributed by atoms with Gasteiger partial charge in [0, 0.05) is 11.4 Å². The number of hydrogen-bond acceptors (Lipinski definition) is 22. The number of para-hydroxylation sites is 1. The van der Waals surface area contributed by atoms with Crippen LogP contribution < -0.4 is 62.7 Å². The number of hydrogen-bond donors (Lipinski definition) is 6. The Morgan fingerprint density at radius 1 is 0.768 bits per heavy atom. The minimum Gasteiger partial charge on any atom is -0.744 e. The largest absolute Gasteiger partial charge is 1.00 e. The van der Waals surface area contributed by atoms with Crippen molar-refractivity contribution in [3.05, 3.63) is 128 Å². The van der Waals surface area contributed by atoms with Crippen LogP contribution in [0, 0.1) is 6.92 Å². The number of sulfone groups is 1. The molecule has 0 saturated heterocycles. The Kier molecular flexibility index (Phi) is 15.3. The number of benzene rings is 4. The van der Waals surface area contributed by atoms with Crippen LogP contribution in [0.3, 0.4) is 0 Å². The van der Waals surface area contributed by atoms with Gasteiger partial charge < -0.3 is 20.9 Å². The first-order valence-electron chi connectivity index (χ1n) is 18.5. The monoisotopic (exact) mass is 1050 g/mol. The van der Waals surface area contributed by atoms with Crippen LogP contribution in [0.1, 0.15) is 5.69 Å². The zero-order valence-corrected chi connectivity index (χ0v) is 41.0. The summed E-state index contributed by atoms with van der Waals surface area (Å²) in [6.45, 7) is 0.474. The van der Waals surface area contributed by atoms with Gasteiger partial charge in [0.1, 0.15) is 20.7 Å². The predicted molar refractivity (Wildman–Crippen MR) is 238 cm³/mol. The Balaban J connectivity index is 0.00000782. The van der Waals surface area contributed by atoms with E-state index < -0.39 is 96.6 Å². The van der Waals surface area contributed by atoms with Crippen molar-refractivity contribution in [2.24, 2.45) is 25.4 Å². The first-order chi connectivity index (χ1) is 31.9. The second-order valence-corrected chi connectivity index (χ2v) is 20.0. The van der Waals surface area contributed by atoms with Gasteiger partial charge in [0.25, 0.3) is 10.1 Å². The van der Waals surface area contributed by atoms with E-state index >= 15 is 0 Å². The molecule has 0 radical (unpaired) electrons. The maximum absolute atomic E-state index is 13.6. The number of aryl methyl sites for hydroxylation is 1. The van der Waals surface area contributed by atoms with Crippen molar-refractivity contribution in [3.8, 4) is 0 Å². The van der Waals surface area contributed by atoms with Crippen molar-refractivity contribution in [2.45, 2.75) is 21.6 Å². The van der Waals surface area contributed by atoms with Crippen LogP contribution >= 0.6 is 11.6 Å². The molecular formula is C36H29ClN13NaO14S4. The van der Waals surface area contributed by atoms with Gasteiger partial charge in [-0.25, -0.2) is 30.5 Å². The number of rotatable bonds is 16. The molecule has 69 heavy (non-hydrogen) atoms. The van der Waals surface area contributed by atoms with Crippen molar-refractivity contribution in [3.63, 3.8) is 0 Å². The van der Waals surface area contributed by atoms with Gasteiger partial charge in [0.15, 0.2) is 27.0 Å². The summed E-state index contributed by atoms with van der Waals surface area (Å²) < 4.78 is 132. The van der Waals surface area contributed by atoms with E-state index in [-0.39, 0.29) is 79.7 Å². The third kappa shape index (κ3) is 12.3. The maximum atomic E-state index is 13.6. The molecule has 7 aromatic rings. The van der Waals surface area contributed by atoms with Crippen molar-refractivity contribution >= 4 is 109 Å². The summed E-state index contributed by atoms with van der Waals surface area (Å²) in [6.07, 6.45) is 0. The number of azo groups is 2. The molecule has 3 heterocycles. The van der Waals surface area contributed by atoms with Gasteiger partial charge in [-0.1, -0.05) is 18.2 Å². The smallest absolute Gasteiger partial charge is 0.744 e. The third-order valence-electron chi connectivity index (χ3n) is 9.07. The van der Waals surface area contributed by atoms with E-state index in [2.05, 4.69) is 55.2 Å². The Labute approximate surface area is 415 Å². The molecule has 0 amide bonds. The molecule has 0 aliphatic heterocycles. The van der Waals surface area contributed by atoms with Gasteiger partial charge in [-0.2, -0.15) is 36.4 Å². The predicted octanol–water partition coefficient (Wildman–Crippen LogP) is 1.16. The first-order valence-corrected chi connectivity index (χ1v) is 24.8. The standard InChI is InChI=1S/C36H30ClN13O14S4.Na/c1-19-29(47-45-23-9-13-25(28(18-23)67(58,59)60)39-20-5-3-2-4-6-20)32(51)50-31(38)30(33(52)49(19)50)48-46-26-17-22(10-14-27(26)66(55,56)57)41-36-43-34(37)42-35(44-36)40-21-7-11-24(12-8-21)65(53,54)16-15-64-68(61,62)63;/h2-14,17-18,39H,15-16,38H2,1H3,(H,55,56,57)(H,58,59,60)(H,61,62,63)(H2,40,41,42,43,44);/q;+1/p-1. The topological polar surface area (TPSA) is 406 Å². The summed E-state index contributed by atoms with van der Waals surface area (Å²) in [5.41, 5.74) is 2.65. The average molecular weight is 1050 g/mol. The van der Waals surface area contributed by atoms with Crippen LogP contribution in [0.15, 0.2) is 141 Å². The fraction of sp³-hybridized carbons (Fsp3) is 0.0833. The summed E-state index contributed by atoms with van der Waals surface area (Å²) in [4.78, 5) is 40.4. The molecule has 0 aliphatic carbocycles. The number of nitrogens with zero attached hydrogens (tertiary/aromatic N) is 9. The summed E-state index contributed by atoms with van der Waals surface area (Å²) in [6, 6.07) is 20.0. The minimum atomic E-state index is -5.24. The van der Waals surface area contributed by atoms with Crippen molar-refractivity contribution in [1.29, 1.82) is 0 Å². The Morgan fingerprint density at radius 3 is 2.04 bits per heavy atom. The first kappa shape index (κ1) is 52.0. The van der Waals surface area contributed by atoms with Gasteiger partial charge in [0.05, 0.1) is 44.9 Å². The SMILES string of the molecule is Cc1c(N=Nc2ccc(Nc3ccccc3)c(S(=O)(=O)O)c2)c(=O)n2c(N)c(N=Nc3cc(N=c4nc(Nc5ccc(S(=O)(=O)CCOS(=O)(=O)O)cc5)nc(Cl)[nH]4)ccc3S(=O)(=O)[O-])c(=O)n12.[Na+]. The number of nitrogen functional groups attached to an aromatic ring is 1. The number of nitrogens with one attached hydrogen (secondary N) is 3. The molecule has 27 nitrogen and oxygen atoms in total. The molecule has 7 N–H and O–H groups in total. The van der Waals surface area contributed by atoms with Gasteiger partial charge in [-0.15, -0.1) is 15.3 Å². The maximum Gasteiger partial charge on any atom is 1.00 e. The van der Waals surface area contributed by atoms with Gasteiger partial charge in [-0.3, -0.25) is 23.7 Å². The van der Waals surface area contributed by atoms with Crippen LogP contribution in [-0.2, 0) is 44.7 Å². The van der Waals surface area contributed by atoms with E-state index in [0.717, 1.165) is 28.8 Å². The van der Waals surface area contributed by atoms with E-state index in [1.807, 2.05) is 0 Å². The zero-order chi connectivity index (χ0) is 49.3. The fourth-order valence-electron chi connectivity index (χ4n) is 6.06. The number of nitrogens with two attached hydrogens (primary N) is 1. The van der Waals surface area contributed by atoms with Crippen LogP contribution in [0.2, 0.25) is 5.28 Å². The van der Waals surface area contributed by atoms with Crippen LogP contribution in [0.25, 0.3) is 0 Å². The summed E-state index contributed by atoms with van der Waals surface area (Å²) in [5, 5.41) is 20.8. The van der Waals surface area contributed by atoms with Gasteiger partial charge >= 0.3 is 51.1 Å². The molecule has 4 aromatic carbocycles. The summed E-state index contributed by atoms with van der Waals surface area (Å²) in [7, 11) is -18.9. The van der Waals surface area contributed by atoms with E-state index in [1.54, 1.807) is 30.3 Å². The number of aromatic nitrogens is 5. The Morgan fingerprint density at radius 2 is 1.41 bits per heavy atom. The van der Waals surface area contributed by atoms with Crippen LogP contribution in [0.5, 0.6) is 0 Å². The van der Waals surface area contributed by atoms with E-state index in [9.17, 15) is 52.4 Å². The molecule has 33 heteroatoms. The molecule has 0 unspecified atom stereocenters. The normalized spacial score (nSPS) is 12.8. The molecule has 3 aromatic heterocycles. The second-order valence-electron chi connectivity index (χ2n) is 13.7.